The van der Waals surface area contributed by atoms with Crippen molar-refractivity contribution in [3.63, 3.8) is 0 Å². The first-order chi connectivity index (χ1) is 23.6. The maximum atomic E-state index is 14.1. The van der Waals surface area contributed by atoms with E-state index in [1.807, 2.05) is 6.07 Å². The molecule has 4 aromatic carbocycles. The first-order valence-electron chi connectivity index (χ1n) is 14.2. The molecule has 0 atom stereocenters. The summed E-state index contributed by atoms with van der Waals surface area (Å²) in [5, 5.41) is 10.6. The molecular formula is C36H20BrCl3N2O5S2. The van der Waals surface area contributed by atoms with Crippen molar-refractivity contribution in [2.24, 2.45) is 0 Å². The van der Waals surface area contributed by atoms with Crippen LogP contribution in [-0.2, 0) is 4.74 Å². The molecule has 6 aromatic rings. The zero-order chi connectivity index (χ0) is 34.7. The Morgan fingerprint density at radius 2 is 1.08 bits per heavy atom. The largest absolute Gasteiger partial charge is 0.386 e. The van der Waals surface area contributed by atoms with Crippen molar-refractivity contribution in [1.29, 1.82) is 0 Å². The van der Waals surface area contributed by atoms with Gasteiger partial charge in [0.25, 0.3) is 11.8 Å². The lowest BCUT2D eigenvalue weighted by Crippen LogP contribution is -2.19. The summed E-state index contributed by atoms with van der Waals surface area (Å²) < 4.78 is 6.25. The molecule has 0 unspecified atom stereocenters. The number of halogens is 4. The van der Waals surface area contributed by atoms with Crippen molar-refractivity contribution in [3.05, 3.63) is 150 Å². The molecule has 49 heavy (non-hydrogen) atoms. The third kappa shape index (κ3) is 7.80. The molecule has 0 aliphatic rings. The van der Waals surface area contributed by atoms with E-state index < -0.39 is 23.8 Å². The summed E-state index contributed by atoms with van der Waals surface area (Å²) in [6.07, 6.45) is 0. The second-order valence-corrected chi connectivity index (χ2v) is 14.2. The second kappa shape index (κ2) is 15.1. The smallest absolute Gasteiger partial charge is 0.349 e. The Balaban J connectivity index is 1.38. The van der Waals surface area contributed by atoms with E-state index in [-0.39, 0.29) is 21.1 Å². The number of amides is 2. The molecule has 2 amide bonds. The summed E-state index contributed by atoms with van der Waals surface area (Å²) in [6.45, 7) is 0. The quantitative estimate of drug-likeness (QED) is 0.118. The maximum absolute atomic E-state index is 14.1. The van der Waals surface area contributed by atoms with Gasteiger partial charge in [-0.05, 0) is 77.9 Å². The molecule has 244 valence electrons. The molecule has 0 aliphatic carbocycles. The van der Waals surface area contributed by atoms with E-state index in [0.717, 1.165) is 22.7 Å². The van der Waals surface area contributed by atoms with Crippen LogP contribution in [-0.4, -0.2) is 23.8 Å². The van der Waals surface area contributed by atoms with Gasteiger partial charge in [0.15, 0.2) is 0 Å². The monoisotopic (exact) mass is 808 g/mol. The van der Waals surface area contributed by atoms with E-state index in [9.17, 15) is 19.2 Å². The van der Waals surface area contributed by atoms with Crippen LogP contribution in [0.3, 0.4) is 0 Å². The molecule has 2 aromatic heterocycles. The van der Waals surface area contributed by atoms with Gasteiger partial charge in [-0.15, -0.1) is 22.7 Å². The molecule has 7 nitrogen and oxygen atoms in total. The Morgan fingerprint density at radius 1 is 0.571 bits per heavy atom. The van der Waals surface area contributed by atoms with Gasteiger partial charge in [-0.25, -0.2) is 9.59 Å². The number of carbonyl (C=O) groups excluding carboxylic acids is 4. The van der Waals surface area contributed by atoms with Crippen molar-refractivity contribution < 1.29 is 23.9 Å². The predicted octanol–water partition coefficient (Wildman–Crippen LogP) is 11.4. The average Bonchev–Trinajstić information content (AvgIpc) is 3.70. The first-order valence-corrected chi connectivity index (χ1v) is 17.9. The van der Waals surface area contributed by atoms with Crippen LogP contribution in [0, 0.1) is 0 Å². The summed E-state index contributed by atoms with van der Waals surface area (Å²) in [7, 11) is 0. The van der Waals surface area contributed by atoms with Crippen molar-refractivity contribution >= 4 is 107 Å². The van der Waals surface area contributed by atoms with Crippen LogP contribution in [0.25, 0.3) is 22.3 Å². The van der Waals surface area contributed by atoms with Crippen molar-refractivity contribution in [2.45, 2.75) is 0 Å². The van der Waals surface area contributed by atoms with Gasteiger partial charge in [0.2, 0.25) is 0 Å². The van der Waals surface area contributed by atoms with E-state index in [4.69, 9.17) is 39.5 Å². The fourth-order valence-corrected chi connectivity index (χ4v) is 7.63. The Bertz CT molecular complexity index is 2230. The summed E-state index contributed by atoms with van der Waals surface area (Å²) in [5.41, 5.74) is 2.55. The number of carbonyl (C=O) groups is 4. The fraction of sp³-hybridized carbons (Fsp3) is 0. The molecule has 0 radical (unpaired) electrons. The Hall–Kier alpha value is -4.29. The number of hydrogen-bond donors (Lipinski definition) is 2. The summed E-state index contributed by atoms with van der Waals surface area (Å²) in [4.78, 5) is 54.5. The number of hydrogen-bond acceptors (Lipinski definition) is 7. The first kappa shape index (κ1) is 34.6. The minimum absolute atomic E-state index is 0.0288. The van der Waals surface area contributed by atoms with Gasteiger partial charge in [-0.3, -0.25) is 9.59 Å². The highest BCUT2D eigenvalue weighted by Crippen LogP contribution is 2.41. The van der Waals surface area contributed by atoms with Gasteiger partial charge in [0.1, 0.15) is 21.1 Å². The molecular weight excluding hydrogens is 791 g/mol. The highest BCUT2D eigenvalue weighted by atomic mass is 79.9. The van der Waals surface area contributed by atoms with E-state index in [2.05, 4.69) is 26.6 Å². The Labute approximate surface area is 311 Å². The number of ether oxygens (including phenoxy) is 1. The zero-order valence-corrected chi connectivity index (χ0v) is 30.2. The summed E-state index contributed by atoms with van der Waals surface area (Å²) in [5.74, 6) is -3.03. The van der Waals surface area contributed by atoms with Crippen LogP contribution in [0.2, 0.25) is 15.1 Å². The summed E-state index contributed by atoms with van der Waals surface area (Å²) >= 11 is 24.0. The Morgan fingerprint density at radius 3 is 1.61 bits per heavy atom. The normalized spacial score (nSPS) is 10.8. The maximum Gasteiger partial charge on any atom is 0.349 e. The molecule has 2 heterocycles. The molecule has 0 saturated heterocycles. The molecule has 0 aliphatic heterocycles. The van der Waals surface area contributed by atoms with Crippen molar-refractivity contribution in [2.75, 3.05) is 10.6 Å². The highest BCUT2D eigenvalue weighted by Gasteiger charge is 2.30. The Kier molecular flexibility index (Phi) is 10.6. The van der Waals surface area contributed by atoms with Gasteiger partial charge in [-0.2, -0.15) is 0 Å². The zero-order valence-electron chi connectivity index (χ0n) is 24.8. The minimum atomic E-state index is -1.02. The van der Waals surface area contributed by atoms with Crippen molar-refractivity contribution in [3.8, 4) is 22.3 Å². The summed E-state index contributed by atoms with van der Waals surface area (Å²) in [6, 6.07) is 26.5. The molecule has 0 saturated carbocycles. The molecule has 0 bridgehead atoms. The topological polar surface area (TPSA) is 102 Å². The van der Waals surface area contributed by atoms with Crippen LogP contribution < -0.4 is 10.6 Å². The highest BCUT2D eigenvalue weighted by molar-refractivity contribution is 9.10. The predicted molar refractivity (Wildman–Crippen MR) is 201 cm³/mol. The van der Waals surface area contributed by atoms with Crippen LogP contribution in [0.1, 0.15) is 41.4 Å². The lowest BCUT2D eigenvalue weighted by Gasteiger charge is -2.12. The van der Waals surface area contributed by atoms with Crippen LogP contribution in [0.15, 0.2) is 112 Å². The van der Waals surface area contributed by atoms with Crippen LogP contribution in [0.4, 0.5) is 10.0 Å². The third-order valence-corrected chi connectivity index (χ3v) is 10.4. The van der Waals surface area contributed by atoms with Gasteiger partial charge in [0.05, 0.1) is 0 Å². The van der Waals surface area contributed by atoms with E-state index in [0.29, 0.717) is 52.9 Å². The molecule has 13 heteroatoms. The SMILES string of the molecule is O=C(Nc1scc(-c2cccc(Cl)c2)c1C(=O)OC(=O)c1c(-c2ccccc2Br)csc1NC(=O)c1ccc(Cl)cc1)c1ccc(Cl)cc1. The molecule has 0 fully saturated rings. The minimum Gasteiger partial charge on any atom is -0.386 e. The fourth-order valence-electron chi connectivity index (χ4n) is 4.79. The lowest BCUT2D eigenvalue weighted by atomic mass is 10.0. The number of thiophene rings is 2. The van der Waals surface area contributed by atoms with Crippen LogP contribution in [0.5, 0.6) is 0 Å². The second-order valence-electron chi connectivity index (χ2n) is 10.3. The number of esters is 2. The number of rotatable bonds is 8. The lowest BCUT2D eigenvalue weighted by molar-refractivity contribution is 0.0401. The van der Waals surface area contributed by atoms with Gasteiger partial charge in [0, 0.05) is 52.6 Å². The van der Waals surface area contributed by atoms with Crippen LogP contribution >= 0.6 is 73.4 Å². The molecule has 6 rings (SSSR count). The standard InChI is InChI=1S/C36H20BrCl3N2O5S2/c37-28-7-2-1-6-25(28)27-18-49-34(42-32(44)20-10-14-23(39)15-11-20)30(27)36(46)47-35(45)29-26(21-4-3-5-24(40)16-21)17-48-33(29)41-31(43)19-8-12-22(38)13-9-19/h1-18H,(H,41,43)(H,42,44). The van der Waals surface area contributed by atoms with Gasteiger partial charge >= 0.3 is 11.9 Å². The van der Waals surface area contributed by atoms with E-state index in [1.54, 1.807) is 102 Å². The number of anilines is 2. The molecule has 0 spiro atoms. The average molecular weight is 811 g/mol. The number of benzene rings is 4. The van der Waals surface area contributed by atoms with E-state index >= 15 is 0 Å². The van der Waals surface area contributed by atoms with E-state index in [1.165, 1.54) is 0 Å². The third-order valence-electron chi connectivity index (χ3n) is 7.14. The number of nitrogens with one attached hydrogen (secondary N) is 2. The van der Waals surface area contributed by atoms with Crippen molar-refractivity contribution in [1.82, 2.24) is 0 Å². The van der Waals surface area contributed by atoms with Gasteiger partial charge < -0.3 is 15.4 Å². The van der Waals surface area contributed by atoms with Gasteiger partial charge in [-0.1, -0.05) is 81.1 Å². The molecule has 2 N–H and O–H groups in total.